The molecule has 2 aliphatic rings. The number of hydrogen-bond donors (Lipinski definition) is 0. The normalized spacial score (nSPS) is 12.2. The summed E-state index contributed by atoms with van der Waals surface area (Å²) in [7, 11) is 0. The number of hydrogen-bond acceptors (Lipinski definition) is 2. The molecular weight excluding hydrogens is 1080 g/mol. The summed E-state index contributed by atoms with van der Waals surface area (Å²) in [5.41, 5.74) is 30.3. The first kappa shape index (κ1) is 60.0. The van der Waals surface area contributed by atoms with Crippen molar-refractivity contribution in [3.8, 4) is 66.8 Å². The topological polar surface area (TPSA) is 6.48 Å². The molecule has 0 fully saturated rings. The van der Waals surface area contributed by atoms with Crippen LogP contribution in [0.5, 0.6) is 0 Å². The smallest absolute Gasteiger partial charge is 0.252 e. The third-order valence-electron chi connectivity index (χ3n) is 19.2. The van der Waals surface area contributed by atoms with E-state index in [1.54, 1.807) is 0 Å². The van der Waals surface area contributed by atoms with Gasteiger partial charge in [0.25, 0.3) is 6.71 Å². The molecule has 0 spiro atoms. The van der Waals surface area contributed by atoms with Crippen LogP contribution < -0.4 is 26.2 Å². The Hall–Kier alpha value is -8.92. The molecule has 0 bridgehead atoms. The quantitative estimate of drug-likeness (QED) is 0.0394. The number of nitrogens with zero attached hydrogens (tertiary/aromatic N) is 2. The van der Waals surface area contributed by atoms with Crippen LogP contribution in [0.25, 0.3) is 66.8 Å². The summed E-state index contributed by atoms with van der Waals surface area (Å²) in [4.78, 5) is 5.57. The Kier molecular flexibility index (Phi) is 19.1. The van der Waals surface area contributed by atoms with Crippen LogP contribution in [-0.2, 0) is 19.3 Å². The van der Waals surface area contributed by atoms with Crippen LogP contribution in [-0.4, -0.2) is 6.71 Å². The van der Waals surface area contributed by atoms with E-state index in [9.17, 15) is 0 Å². The molecule has 0 radical (unpaired) electrons. The van der Waals surface area contributed by atoms with E-state index in [1.165, 1.54) is 224 Å². The van der Waals surface area contributed by atoms with Gasteiger partial charge < -0.3 is 9.80 Å². The first-order chi connectivity index (χ1) is 44.6. The number of unbranched alkanes of at least 4 members (excludes halogenated alkanes) is 12. The van der Waals surface area contributed by atoms with Crippen molar-refractivity contribution in [3.63, 3.8) is 0 Å². The van der Waals surface area contributed by atoms with Crippen molar-refractivity contribution < 1.29 is 0 Å². The molecule has 0 N–H and O–H groups in total. The van der Waals surface area contributed by atoms with Gasteiger partial charge in [-0.25, -0.2) is 0 Å². The van der Waals surface area contributed by atoms with Gasteiger partial charge in [0, 0.05) is 45.0 Å². The van der Waals surface area contributed by atoms with Crippen LogP contribution >= 0.6 is 0 Å². The zero-order valence-corrected chi connectivity index (χ0v) is 53.4. The summed E-state index contributed by atoms with van der Waals surface area (Å²) in [6.45, 7) is 6.93. The number of rotatable bonds is 26. The van der Waals surface area contributed by atoms with Crippen molar-refractivity contribution in [1.29, 1.82) is 0 Å². The molecule has 13 rings (SSSR count). The second kappa shape index (κ2) is 28.7. The summed E-state index contributed by atoms with van der Waals surface area (Å²) in [6.07, 6.45) is 21.6. The Morgan fingerprint density at radius 2 is 0.522 bits per heavy atom. The van der Waals surface area contributed by atoms with Gasteiger partial charge in [0.2, 0.25) is 0 Å². The van der Waals surface area contributed by atoms with Gasteiger partial charge in [0.1, 0.15) is 0 Å². The monoisotopic (exact) mass is 1170 g/mol. The van der Waals surface area contributed by atoms with E-state index in [1.807, 2.05) is 0 Å². The van der Waals surface area contributed by atoms with Gasteiger partial charge in [-0.15, -0.1) is 0 Å². The number of aryl methyl sites for hydroxylation is 3. The second-order valence-electron chi connectivity index (χ2n) is 25.5. The highest BCUT2D eigenvalue weighted by Crippen LogP contribution is 2.54. The lowest BCUT2D eigenvalue weighted by atomic mass is 9.33. The van der Waals surface area contributed by atoms with E-state index in [4.69, 9.17) is 0 Å². The molecule has 11 aromatic carbocycles. The fraction of sp³-hybridized carbons (Fsp3) is 0.241. The Labute approximate surface area is 538 Å². The van der Waals surface area contributed by atoms with Crippen LogP contribution in [0, 0.1) is 0 Å². The minimum atomic E-state index is -0.0452. The molecule has 2 aliphatic heterocycles. The summed E-state index contributed by atoms with van der Waals surface area (Å²) < 4.78 is 0. The van der Waals surface area contributed by atoms with Crippen LogP contribution in [0.2, 0.25) is 0 Å². The number of fused-ring (bicyclic) bond motifs is 4. The van der Waals surface area contributed by atoms with Gasteiger partial charge in [0.05, 0.1) is 11.4 Å². The van der Waals surface area contributed by atoms with Crippen LogP contribution in [0.3, 0.4) is 0 Å². The van der Waals surface area contributed by atoms with Crippen molar-refractivity contribution in [3.05, 3.63) is 271 Å². The summed E-state index contributed by atoms with van der Waals surface area (Å²) >= 11 is 0. The Morgan fingerprint density at radius 1 is 0.244 bits per heavy atom. The first-order valence-corrected chi connectivity index (χ1v) is 34.3. The lowest BCUT2D eigenvalue weighted by Crippen LogP contribution is -2.61. The van der Waals surface area contributed by atoms with Crippen molar-refractivity contribution in [2.75, 3.05) is 9.80 Å². The molecule has 11 aromatic rings. The van der Waals surface area contributed by atoms with E-state index in [2.05, 4.69) is 285 Å². The van der Waals surface area contributed by atoms with E-state index < -0.39 is 0 Å². The van der Waals surface area contributed by atoms with Gasteiger partial charge in [0.15, 0.2) is 0 Å². The first-order valence-electron chi connectivity index (χ1n) is 34.3. The molecule has 0 unspecified atom stereocenters. The zero-order valence-electron chi connectivity index (χ0n) is 53.4. The van der Waals surface area contributed by atoms with Crippen LogP contribution in [0.4, 0.5) is 34.1 Å². The molecule has 2 nitrogen and oxygen atoms in total. The molecule has 0 saturated carbocycles. The Bertz CT molecular complexity index is 3780. The van der Waals surface area contributed by atoms with Crippen molar-refractivity contribution >= 4 is 57.2 Å². The highest BCUT2D eigenvalue weighted by atomic mass is 15.2. The Morgan fingerprint density at radius 3 is 0.833 bits per heavy atom. The average molecular weight is 1170 g/mol. The minimum absolute atomic E-state index is 0.0452. The maximum atomic E-state index is 2.79. The summed E-state index contributed by atoms with van der Waals surface area (Å²) in [5, 5.41) is 0. The maximum Gasteiger partial charge on any atom is 0.252 e. The SMILES string of the molecule is CCCCCCCc1ccc2c(c1)N(c1c(-c3ccccc3)cc(-c3ccccc3)cc1-c1ccccc1)c1cc(CCCCCCC)cc3c1B2c1ccc(CCCCCCC)cc1N3c1c(-c2ccccc2)cc(-c2ccccc2)cc1-c1ccccc1. The van der Waals surface area contributed by atoms with E-state index in [0.717, 1.165) is 25.7 Å². The maximum absolute atomic E-state index is 2.79. The van der Waals surface area contributed by atoms with E-state index in [0.29, 0.717) is 0 Å². The molecule has 0 atom stereocenters. The summed E-state index contributed by atoms with van der Waals surface area (Å²) in [6, 6.07) is 97.9. The highest BCUT2D eigenvalue weighted by molar-refractivity contribution is 7.00. The molecule has 3 heteroatoms. The largest absolute Gasteiger partial charge is 0.310 e. The lowest BCUT2D eigenvalue weighted by molar-refractivity contribution is 0.632. The van der Waals surface area contributed by atoms with Gasteiger partial charge >= 0.3 is 0 Å². The van der Waals surface area contributed by atoms with Gasteiger partial charge in [-0.1, -0.05) is 304 Å². The van der Waals surface area contributed by atoms with E-state index >= 15 is 0 Å². The predicted octanol–water partition coefficient (Wildman–Crippen LogP) is 23.3. The highest BCUT2D eigenvalue weighted by Gasteiger charge is 2.45. The average Bonchev–Trinajstić information content (AvgIpc) is 0.693. The fourth-order valence-electron chi connectivity index (χ4n) is 14.6. The van der Waals surface area contributed by atoms with Crippen molar-refractivity contribution in [1.82, 2.24) is 0 Å². The zero-order chi connectivity index (χ0) is 61.0. The second-order valence-corrected chi connectivity index (χ2v) is 25.5. The molecule has 0 aliphatic carbocycles. The molecular formula is C87H87BN2. The van der Waals surface area contributed by atoms with Gasteiger partial charge in [-0.2, -0.15) is 0 Å². The number of anilines is 6. The van der Waals surface area contributed by atoms with Gasteiger partial charge in [-0.05, 0) is 165 Å². The Balaban J connectivity index is 1.16. The molecule has 2 heterocycles. The standard InChI is InChI=1S/C87H87BN2/c1-4-7-10-13-22-37-64-52-54-79-81(56-64)89(86-75(69-44-29-18-30-45-69)60-73(67-40-25-16-26-41-67)61-76(86)70-46-31-19-32-47-70)83-58-66(39-24-15-12-9-6-3)59-84-85(83)88(79)80-55-53-65(38-23-14-11-8-5-2)57-82(80)90(84)87-77(71-48-33-20-34-49-71)62-74(68-42-27-17-28-43-68)63-78(87)72-50-35-21-36-51-72/h16-21,25-36,40-63H,4-15,22-24,37-39H2,1-3H3. The van der Waals surface area contributed by atoms with Gasteiger partial charge in [-0.3, -0.25) is 0 Å². The fourth-order valence-corrected chi connectivity index (χ4v) is 14.6. The third kappa shape index (κ3) is 12.8. The molecule has 448 valence electrons. The molecule has 0 saturated heterocycles. The summed E-state index contributed by atoms with van der Waals surface area (Å²) in [5.74, 6) is 0. The van der Waals surface area contributed by atoms with Crippen molar-refractivity contribution in [2.24, 2.45) is 0 Å². The number of benzene rings is 11. The minimum Gasteiger partial charge on any atom is -0.310 e. The predicted molar refractivity (Wildman–Crippen MR) is 390 cm³/mol. The van der Waals surface area contributed by atoms with Crippen LogP contribution in [0.1, 0.15) is 134 Å². The van der Waals surface area contributed by atoms with Crippen molar-refractivity contribution in [2.45, 2.75) is 136 Å². The molecule has 90 heavy (non-hydrogen) atoms. The lowest BCUT2D eigenvalue weighted by Gasteiger charge is -2.46. The van der Waals surface area contributed by atoms with E-state index in [-0.39, 0.29) is 6.71 Å². The molecule has 0 amide bonds. The molecule has 0 aromatic heterocycles. The third-order valence-corrected chi connectivity index (χ3v) is 19.2. The van der Waals surface area contributed by atoms with Crippen LogP contribution in [0.15, 0.2) is 255 Å².